The first kappa shape index (κ1) is 16.4. The second-order valence-electron chi connectivity index (χ2n) is 6.18. The van der Waals surface area contributed by atoms with Crippen LogP contribution >= 0.6 is 24.2 Å². The first-order chi connectivity index (χ1) is 10.9. The molecule has 2 heteroatoms. The molecule has 1 aliphatic rings. The summed E-state index contributed by atoms with van der Waals surface area (Å²) in [4.78, 5) is 0. The first-order valence-electron chi connectivity index (χ1n) is 8.09. The molecule has 0 nitrogen and oxygen atoms in total. The third-order valence-corrected chi connectivity index (χ3v) is 10.4. The quantitative estimate of drug-likeness (QED) is 0.582. The number of rotatable bonds is 4. The maximum absolute atomic E-state index is 2.35. The van der Waals surface area contributed by atoms with Crippen molar-refractivity contribution in [1.29, 1.82) is 0 Å². The van der Waals surface area contributed by atoms with Gasteiger partial charge in [0, 0.05) is 0 Å². The van der Waals surface area contributed by atoms with Gasteiger partial charge in [-0.15, -0.1) is 17.0 Å². The fraction of sp³-hybridized carbons (Fsp3) is 0.143. The van der Waals surface area contributed by atoms with Crippen molar-refractivity contribution in [2.24, 2.45) is 0 Å². The van der Waals surface area contributed by atoms with Crippen molar-refractivity contribution >= 4 is 40.2 Å². The molecule has 0 amide bonds. The second kappa shape index (κ2) is 6.99. The Morgan fingerprint density at radius 1 is 0.522 bits per heavy atom. The number of halogens is 1. The molecule has 0 N–H and O–H groups in total. The molecule has 0 radical (unpaired) electrons. The van der Waals surface area contributed by atoms with Gasteiger partial charge in [-0.05, 0) is 0 Å². The van der Waals surface area contributed by atoms with Gasteiger partial charge in [-0.3, -0.25) is 0 Å². The molecule has 0 bridgehead atoms. The Morgan fingerprint density at radius 2 is 0.826 bits per heavy atom. The Morgan fingerprint density at radius 3 is 1.09 bits per heavy atom. The topological polar surface area (TPSA) is 0 Å². The van der Waals surface area contributed by atoms with Gasteiger partial charge >= 0.3 is 133 Å². The van der Waals surface area contributed by atoms with Gasteiger partial charge in [-0.25, -0.2) is 0 Å². The summed E-state index contributed by atoms with van der Waals surface area (Å²) in [5.41, 5.74) is 0.833. The van der Waals surface area contributed by atoms with Crippen molar-refractivity contribution in [3.05, 3.63) is 91.0 Å². The zero-order valence-corrected chi connectivity index (χ0v) is 15.8. The fourth-order valence-electron chi connectivity index (χ4n) is 3.83. The molecule has 0 saturated heterocycles. The zero-order chi connectivity index (χ0) is 14.8. The van der Waals surface area contributed by atoms with Crippen LogP contribution in [-0.4, -0.2) is 5.66 Å². The van der Waals surface area contributed by atoms with E-state index >= 15 is 0 Å². The van der Waals surface area contributed by atoms with Crippen LogP contribution in [0.1, 0.15) is 12.8 Å². The van der Waals surface area contributed by atoms with Crippen LogP contribution in [0.15, 0.2) is 91.0 Å². The third kappa shape index (κ3) is 2.89. The molecule has 1 fully saturated rings. The van der Waals surface area contributed by atoms with Gasteiger partial charge in [0.1, 0.15) is 0 Å². The van der Waals surface area contributed by atoms with Crippen LogP contribution in [0.2, 0.25) is 0 Å². The Balaban J connectivity index is 0.00000156. The van der Waals surface area contributed by atoms with E-state index in [1.54, 1.807) is 15.9 Å². The summed E-state index contributed by atoms with van der Waals surface area (Å²) in [6, 6.07) is 33.7. The van der Waals surface area contributed by atoms with Crippen molar-refractivity contribution in [2.45, 2.75) is 18.5 Å². The molecular weight excluding hydrogens is 363 g/mol. The number of hydrogen-bond donors (Lipinski definition) is 0. The summed E-state index contributed by atoms with van der Waals surface area (Å²) >= 11 is 0. The van der Waals surface area contributed by atoms with E-state index in [0.717, 1.165) is 5.66 Å². The first-order valence-corrected chi connectivity index (χ1v) is 10.2. The average molecular weight is 385 g/mol. The number of benzene rings is 3. The summed E-state index contributed by atoms with van der Waals surface area (Å²) in [5, 5.41) is 4.65. The summed E-state index contributed by atoms with van der Waals surface area (Å²) in [7, 11) is -1.89. The van der Waals surface area contributed by atoms with Crippen LogP contribution in [-0.2, 0) is 0 Å². The SMILES string of the molecule is Br.c1ccc([PH](c2ccccc2)(c2ccccc2)C2CC2)cc1. The van der Waals surface area contributed by atoms with Gasteiger partial charge in [-0.2, -0.15) is 0 Å². The fourth-order valence-corrected chi connectivity index (χ4v) is 9.43. The van der Waals surface area contributed by atoms with E-state index in [-0.39, 0.29) is 17.0 Å². The van der Waals surface area contributed by atoms with Crippen LogP contribution in [0.3, 0.4) is 0 Å². The normalized spacial score (nSPS) is 14.8. The van der Waals surface area contributed by atoms with Crippen LogP contribution in [0.4, 0.5) is 0 Å². The van der Waals surface area contributed by atoms with E-state index in [2.05, 4.69) is 91.0 Å². The Bertz CT molecular complexity index is 640. The maximum atomic E-state index is 2.35. The summed E-state index contributed by atoms with van der Waals surface area (Å²) in [6.45, 7) is 0. The monoisotopic (exact) mass is 384 g/mol. The molecule has 0 spiro atoms. The van der Waals surface area contributed by atoms with Gasteiger partial charge in [0.25, 0.3) is 0 Å². The summed E-state index contributed by atoms with van der Waals surface area (Å²) in [6.07, 6.45) is 2.73. The predicted octanol–water partition coefficient (Wildman–Crippen LogP) is 4.45. The van der Waals surface area contributed by atoms with Gasteiger partial charge in [0.05, 0.1) is 0 Å². The molecular formula is C21H22BrP. The van der Waals surface area contributed by atoms with Crippen LogP contribution in [0.5, 0.6) is 0 Å². The van der Waals surface area contributed by atoms with E-state index in [1.165, 1.54) is 12.8 Å². The molecule has 4 rings (SSSR count). The van der Waals surface area contributed by atoms with Crippen LogP contribution in [0, 0.1) is 0 Å². The van der Waals surface area contributed by atoms with Gasteiger partial charge in [0.15, 0.2) is 0 Å². The molecule has 1 aliphatic carbocycles. The van der Waals surface area contributed by atoms with E-state index in [0.29, 0.717) is 0 Å². The minimum atomic E-state index is -1.89. The number of hydrogen-bond acceptors (Lipinski definition) is 0. The predicted molar refractivity (Wildman–Crippen MR) is 110 cm³/mol. The van der Waals surface area contributed by atoms with Gasteiger partial charge < -0.3 is 0 Å². The third-order valence-electron chi connectivity index (χ3n) is 4.88. The Kier molecular flexibility index (Phi) is 4.99. The molecule has 3 aromatic carbocycles. The van der Waals surface area contributed by atoms with E-state index in [9.17, 15) is 0 Å². The molecule has 1 saturated carbocycles. The van der Waals surface area contributed by atoms with E-state index < -0.39 is 7.26 Å². The van der Waals surface area contributed by atoms with Crippen LogP contribution < -0.4 is 15.9 Å². The second-order valence-corrected chi connectivity index (χ2v) is 10.3. The summed E-state index contributed by atoms with van der Waals surface area (Å²) in [5.74, 6) is 0. The molecule has 0 unspecified atom stereocenters. The van der Waals surface area contributed by atoms with Crippen LogP contribution in [0.25, 0.3) is 0 Å². The van der Waals surface area contributed by atoms with Crippen molar-refractivity contribution in [1.82, 2.24) is 0 Å². The average Bonchev–Trinajstić information content (AvgIpc) is 3.44. The molecule has 0 aliphatic heterocycles. The Hall–Kier alpha value is -1.43. The van der Waals surface area contributed by atoms with Crippen molar-refractivity contribution in [3.8, 4) is 0 Å². The van der Waals surface area contributed by atoms with Crippen molar-refractivity contribution < 1.29 is 0 Å². The minimum absolute atomic E-state index is 0. The molecule has 3 aromatic rings. The van der Waals surface area contributed by atoms with Crippen molar-refractivity contribution in [3.63, 3.8) is 0 Å². The van der Waals surface area contributed by atoms with E-state index in [4.69, 9.17) is 0 Å². The molecule has 0 heterocycles. The van der Waals surface area contributed by atoms with Crippen molar-refractivity contribution in [2.75, 3.05) is 0 Å². The summed E-state index contributed by atoms with van der Waals surface area (Å²) < 4.78 is 0. The molecule has 23 heavy (non-hydrogen) atoms. The molecule has 0 atom stereocenters. The Labute approximate surface area is 149 Å². The van der Waals surface area contributed by atoms with Gasteiger partial charge in [-0.1, -0.05) is 0 Å². The van der Waals surface area contributed by atoms with E-state index in [1.807, 2.05) is 0 Å². The molecule has 0 aromatic heterocycles. The van der Waals surface area contributed by atoms with Gasteiger partial charge in [0.2, 0.25) is 0 Å². The standard InChI is InChI=1S/C21H21P.BrH/c1-4-10-18(11-5-1)22(21-16-17-21,19-12-6-2-7-13-19)20-14-8-3-9-15-20;/h1-15,21-22H,16-17H2;1H. The molecule has 118 valence electrons. The zero-order valence-electron chi connectivity index (χ0n) is 13.1.